The van der Waals surface area contributed by atoms with Crippen molar-refractivity contribution in [1.29, 1.82) is 0 Å². The highest BCUT2D eigenvalue weighted by Gasteiger charge is 2.26. The Morgan fingerprint density at radius 2 is 1.67 bits per heavy atom. The molecule has 1 aromatic carbocycles. The van der Waals surface area contributed by atoms with Crippen LogP contribution >= 0.6 is 0 Å². The first kappa shape index (κ1) is 12.6. The summed E-state index contributed by atoms with van der Waals surface area (Å²) < 4.78 is 0. The maximum absolute atomic E-state index is 12.8. The van der Waals surface area contributed by atoms with Gasteiger partial charge in [0, 0.05) is 24.7 Å². The summed E-state index contributed by atoms with van der Waals surface area (Å²) in [4.78, 5) is 19.1. The van der Waals surface area contributed by atoms with Crippen LogP contribution in [0, 0.1) is 0 Å². The Bertz CT molecular complexity index is 726. The lowest BCUT2D eigenvalue weighted by atomic mass is 10.0. The third-order valence-corrected chi connectivity index (χ3v) is 4.53. The molecule has 1 saturated carbocycles. The van der Waals surface area contributed by atoms with Crippen LogP contribution in [0.5, 0.6) is 0 Å². The zero-order chi connectivity index (χ0) is 14.2. The van der Waals surface area contributed by atoms with Crippen molar-refractivity contribution in [3.05, 3.63) is 53.4 Å². The number of carbonyl (C=O) groups excluding carboxylic acids is 1. The lowest BCUT2D eigenvalue weighted by molar-refractivity contribution is 0.0739. The molecule has 2 fully saturated rings. The van der Waals surface area contributed by atoms with Crippen LogP contribution in [0.25, 0.3) is 10.8 Å². The van der Waals surface area contributed by atoms with Gasteiger partial charge in [-0.25, -0.2) is 0 Å². The van der Waals surface area contributed by atoms with Crippen LogP contribution in [0.3, 0.4) is 0 Å². The second kappa shape index (κ2) is 4.99. The lowest BCUT2D eigenvalue weighted by Gasteiger charge is -2.28. The van der Waals surface area contributed by atoms with E-state index < -0.39 is 0 Å². The zero-order valence-corrected chi connectivity index (χ0v) is 12.0. The SMILES string of the molecule is O=C(c1nccc2ccccc12)N1CCC(=C2CC2)CC1. The molecule has 2 heterocycles. The highest BCUT2D eigenvalue weighted by Crippen LogP contribution is 2.36. The standard InChI is InChI=1S/C18H18N2O/c21-18(20-11-8-14(9-12-20)13-5-6-13)17-16-4-2-1-3-15(16)7-10-19-17/h1-4,7,10H,5-6,8-9,11-12H2. The van der Waals surface area contributed by atoms with E-state index in [-0.39, 0.29) is 5.91 Å². The molecule has 1 aliphatic carbocycles. The minimum atomic E-state index is 0.0756. The zero-order valence-electron chi connectivity index (χ0n) is 12.0. The van der Waals surface area contributed by atoms with E-state index >= 15 is 0 Å². The summed E-state index contributed by atoms with van der Waals surface area (Å²) in [5.74, 6) is 0.0756. The molecule has 0 atom stereocenters. The molecule has 1 aliphatic heterocycles. The summed E-state index contributed by atoms with van der Waals surface area (Å²) >= 11 is 0. The second-order valence-corrected chi connectivity index (χ2v) is 5.88. The number of aromatic nitrogens is 1. The molecule has 2 aromatic rings. The number of benzene rings is 1. The summed E-state index contributed by atoms with van der Waals surface area (Å²) in [5.41, 5.74) is 3.84. The maximum atomic E-state index is 12.8. The maximum Gasteiger partial charge on any atom is 0.273 e. The molecule has 0 spiro atoms. The van der Waals surface area contributed by atoms with Gasteiger partial charge in [-0.3, -0.25) is 9.78 Å². The largest absolute Gasteiger partial charge is 0.337 e. The molecule has 0 bridgehead atoms. The number of carbonyl (C=O) groups is 1. The predicted molar refractivity (Wildman–Crippen MR) is 83.1 cm³/mol. The summed E-state index contributed by atoms with van der Waals surface area (Å²) in [7, 11) is 0. The van der Waals surface area contributed by atoms with E-state index in [1.54, 1.807) is 17.3 Å². The Balaban J connectivity index is 1.60. The minimum Gasteiger partial charge on any atom is -0.337 e. The molecule has 3 nitrogen and oxygen atoms in total. The van der Waals surface area contributed by atoms with Crippen molar-refractivity contribution in [1.82, 2.24) is 9.88 Å². The average Bonchev–Trinajstić information content (AvgIpc) is 3.39. The molecular formula is C18H18N2O. The van der Waals surface area contributed by atoms with Gasteiger partial charge in [0.1, 0.15) is 5.69 Å². The topological polar surface area (TPSA) is 33.2 Å². The van der Waals surface area contributed by atoms with Crippen LogP contribution in [0.2, 0.25) is 0 Å². The first-order valence-corrected chi connectivity index (χ1v) is 7.66. The second-order valence-electron chi connectivity index (χ2n) is 5.88. The summed E-state index contributed by atoms with van der Waals surface area (Å²) in [5, 5.41) is 2.03. The first-order valence-electron chi connectivity index (χ1n) is 7.66. The molecule has 21 heavy (non-hydrogen) atoms. The Hall–Kier alpha value is -2.16. The number of likely N-dealkylation sites (tertiary alicyclic amines) is 1. The van der Waals surface area contributed by atoms with Gasteiger partial charge in [-0.2, -0.15) is 0 Å². The number of hydrogen-bond donors (Lipinski definition) is 0. The van der Waals surface area contributed by atoms with E-state index in [2.05, 4.69) is 4.98 Å². The summed E-state index contributed by atoms with van der Waals surface area (Å²) in [6, 6.07) is 9.92. The van der Waals surface area contributed by atoms with Crippen molar-refractivity contribution in [2.24, 2.45) is 0 Å². The summed E-state index contributed by atoms with van der Waals surface area (Å²) in [6.45, 7) is 1.67. The van der Waals surface area contributed by atoms with Crippen LogP contribution in [0.4, 0.5) is 0 Å². The number of nitrogens with zero attached hydrogens (tertiary/aromatic N) is 2. The fraction of sp³-hybridized carbons (Fsp3) is 0.333. The summed E-state index contributed by atoms with van der Waals surface area (Å²) in [6.07, 6.45) is 6.40. The Labute approximate surface area is 124 Å². The van der Waals surface area contributed by atoms with E-state index in [1.165, 1.54) is 12.8 Å². The number of amides is 1. The van der Waals surface area contributed by atoms with Gasteiger partial charge < -0.3 is 4.90 Å². The van der Waals surface area contributed by atoms with Crippen molar-refractivity contribution >= 4 is 16.7 Å². The van der Waals surface area contributed by atoms with Gasteiger partial charge in [-0.1, -0.05) is 35.4 Å². The van der Waals surface area contributed by atoms with E-state index in [0.717, 1.165) is 36.7 Å². The van der Waals surface area contributed by atoms with Gasteiger partial charge >= 0.3 is 0 Å². The Morgan fingerprint density at radius 1 is 0.952 bits per heavy atom. The van der Waals surface area contributed by atoms with Gasteiger partial charge in [-0.05, 0) is 37.1 Å². The number of pyridine rings is 1. The molecule has 1 saturated heterocycles. The monoisotopic (exact) mass is 278 g/mol. The third kappa shape index (κ3) is 2.33. The highest BCUT2D eigenvalue weighted by atomic mass is 16.2. The van der Waals surface area contributed by atoms with Crippen LogP contribution in [0.1, 0.15) is 36.2 Å². The van der Waals surface area contributed by atoms with Crippen molar-refractivity contribution in [3.8, 4) is 0 Å². The number of rotatable bonds is 1. The molecule has 0 radical (unpaired) electrons. The molecule has 2 aliphatic rings. The fourth-order valence-corrected chi connectivity index (χ4v) is 3.19. The van der Waals surface area contributed by atoms with Crippen molar-refractivity contribution in [2.75, 3.05) is 13.1 Å². The van der Waals surface area contributed by atoms with E-state index in [9.17, 15) is 4.79 Å². The van der Waals surface area contributed by atoms with Crippen LogP contribution in [-0.4, -0.2) is 28.9 Å². The van der Waals surface area contributed by atoms with Gasteiger partial charge in [0.25, 0.3) is 5.91 Å². The first-order chi connectivity index (χ1) is 10.3. The van der Waals surface area contributed by atoms with E-state index in [4.69, 9.17) is 0 Å². The minimum absolute atomic E-state index is 0.0756. The highest BCUT2D eigenvalue weighted by molar-refractivity contribution is 6.05. The molecule has 106 valence electrons. The quantitative estimate of drug-likeness (QED) is 0.747. The number of hydrogen-bond acceptors (Lipinski definition) is 2. The number of allylic oxidation sites excluding steroid dienone is 1. The van der Waals surface area contributed by atoms with Gasteiger partial charge in [0.15, 0.2) is 0 Å². The molecular weight excluding hydrogens is 260 g/mol. The third-order valence-electron chi connectivity index (χ3n) is 4.53. The van der Waals surface area contributed by atoms with Gasteiger partial charge in [0.2, 0.25) is 0 Å². The van der Waals surface area contributed by atoms with Crippen molar-refractivity contribution in [3.63, 3.8) is 0 Å². The lowest BCUT2D eigenvalue weighted by Crippen LogP contribution is -2.36. The molecule has 3 heteroatoms. The Morgan fingerprint density at radius 3 is 2.43 bits per heavy atom. The smallest absolute Gasteiger partial charge is 0.273 e. The molecule has 1 amide bonds. The average molecular weight is 278 g/mol. The molecule has 4 rings (SSSR count). The van der Waals surface area contributed by atoms with E-state index in [0.29, 0.717) is 5.69 Å². The van der Waals surface area contributed by atoms with Crippen LogP contribution < -0.4 is 0 Å². The molecule has 0 unspecified atom stereocenters. The van der Waals surface area contributed by atoms with Crippen LogP contribution in [0.15, 0.2) is 47.7 Å². The normalized spacial score (nSPS) is 18.2. The predicted octanol–water partition coefficient (Wildman–Crippen LogP) is 3.56. The van der Waals surface area contributed by atoms with E-state index in [1.807, 2.05) is 35.2 Å². The van der Waals surface area contributed by atoms with Gasteiger partial charge in [-0.15, -0.1) is 0 Å². The van der Waals surface area contributed by atoms with Crippen molar-refractivity contribution in [2.45, 2.75) is 25.7 Å². The number of fused-ring (bicyclic) bond motifs is 1. The van der Waals surface area contributed by atoms with Crippen molar-refractivity contribution < 1.29 is 4.79 Å². The number of piperidine rings is 1. The molecule has 1 aromatic heterocycles. The fourth-order valence-electron chi connectivity index (χ4n) is 3.19. The van der Waals surface area contributed by atoms with Gasteiger partial charge in [0.05, 0.1) is 0 Å². The molecule has 0 N–H and O–H groups in total. The van der Waals surface area contributed by atoms with Crippen LogP contribution in [-0.2, 0) is 0 Å². The Kier molecular flexibility index (Phi) is 2.99.